The van der Waals surface area contributed by atoms with E-state index in [2.05, 4.69) is 6.58 Å². The molecule has 4 nitrogen and oxygen atoms in total. The molecular formula is C9H13NO3. The van der Waals surface area contributed by atoms with Gasteiger partial charge < -0.3 is 5.11 Å². The van der Waals surface area contributed by atoms with Crippen molar-refractivity contribution in [3.63, 3.8) is 0 Å². The van der Waals surface area contributed by atoms with Gasteiger partial charge in [-0.3, -0.25) is 9.69 Å². The highest BCUT2D eigenvalue weighted by molar-refractivity contribution is 5.86. The SMILES string of the molecule is C=C(CN1CCC(=O)CC1)C(=O)O. The van der Waals surface area contributed by atoms with Crippen LogP contribution in [0.4, 0.5) is 0 Å². The first-order valence-electron chi connectivity index (χ1n) is 4.24. The lowest BCUT2D eigenvalue weighted by Crippen LogP contribution is -2.36. The number of carboxylic acid groups (broad SMARTS) is 1. The molecule has 0 radical (unpaired) electrons. The van der Waals surface area contributed by atoms with Crippen LogP contribution in [-0.2, 0) is 9.59 Å². The van der Waals surface area contributed by atoms with Gasteiger partial charge in [0.25, 0.3) is 0 Å². The number of nitrogens with zero attached hydrogens (tertiary/aromatic N) is 1. The van der Waals surface area contributed by atoms with Gasteiger partial charge in [0.15, 0.2) is 0 Å². The van der Waals surface area contributed by atoms with Crippen molar-refractivity contribution in [2.24, 2.45) is 0 Å². The molecule has 0 amide bonds. The topological polar surface area (TPSA) is 57.6 Å². The zero-order valence-corrected chi connectivity index (χ0v) is 7.45. The molecule has 13 heavy (non-hydrogen) atoms. The first-order valence-corrected chi connectivity index (χ1v) is 4.24. The van der Waals surface area contributed by atoms with Gasteiger partial charge in [0.1, 0.15) is 5.78 Å². The van der Waals surface area contributed by atoms with E-state index in [4.69, 9.17) is 5.11 Å². The van der Waals surface area contributed by atoms with Gasteiger partial charge in [0, 0.05) is 38.0 Å². The van der Waals surface area contributed by atoms with E-state index in [1.54, 1.807) is 0 Å². The van der Waals surface area contributed by atoms with Gasteiger partial charge in [-0.15, -0.1) is 0 Å². The molecule has 0 spiro atoms. The lowest BCUT2D eigenvalue weighted by molar-refractivity contribution is -0.132. The van der Waals surface area contributed by atoms with Crippen molar-refractivity contribution in [2.45, 2.75) is 12.8 Å². The van der Waals surface area contributed by atoms with E-state index in [0.29, 0.717) is 32.5 Å². The fourth-order valence-corrected chi connectivity index (χ4v) is 1.30. The maximum Gasteiger partial charge on any atom is 0.332 e. The summed E-state index contributed by atoms with van der Waals surface area (Å²) in [6.45, 7) is 5.12. The van der Waals surface area contributed by atoms with Crippen LogP contribution in [-0.4, -0.2) is 41.4 Å². The zero-order valence-electron chi connectivity index (χ0n) is 7.45. The molecule has 1 rings (SSSR count). The average molecular weight is 183 g/mol. The molecule has 1 fully saturated rings. The van der Waals surface area contributed by atoms with Crippen LogP contribution >= 0.6 is 0 Å². The molecule has 1 N–H and O–H groups in total. The quantitative estimate of drug-likeness (QED) is 0.639. The molecule has 0 aromatic carbocycles. The number of ketones is 1. The van der Waals surface area contributed by atoms with Crippen molar-refractivity contribution in [3.05, 3.63) is 12.2 Å². The maximum absolute atomic E-state index is 10.9. The molecule has 0 bridgehead atoms. The third-order valence-corrected chi connectivity index (χ3v) is 2.13. The minimum atomic E-state index is -0.961. The number of carbonyl (C=O) groups excluding carboxylic acids is 1. The molecule has 0 aromatic rings. The number of carbonyl (C=O) groups is 2. The fourth-order valence-electron chi connectivity index (χ4n) is 1.30. The third kappa shape index (κ3) is 2.99. The van der Waals surface area contributed by atoms with Gasteiger partial charge in [-0.05, 0) is 0 Å². The maximum atomic E-state index is 10.9. The Labute approximate surface area is 76.8 Å². The summed E-state index contributed by atoms with van der Waals surface area (Å²) in [5, 5.41) is 8.57. The predicted octanol–water partition coefficient (Wildman–Crippen LogP) is 0.292. The normalized spacial score (nSPS) is 18.6. The monoisotopic (exact) mass is 183 g/mol. The number of carboxylic acids is 1. The number of rotatable bonds is 3. The van der Waals surface area contributed by atoms with Crippen LogP contribution in [0.2, 0.25) is 0 Å². The Hall–Kier alpha value is -1.16. The van der Waals surface area contributed by atoms with E-state index in [1.807, 2.05) is 4.90 Å². The summed E-state index contributed by atoms with van der Waals surface area (Å²) < 4.78 is 0. The number of likely N-dealkylation sites (tertiary alicyclic amines) is 1. The standard InChI is InChI=1S/C9H13NO3/c1-7(9(12)13)6-10-4-2-8(11)3-5-10/h1-6H2,(H,12,13). The summed E-state index contributed by atoms with van der Waals surface area (Å²) in [5.74, 6) is -0.700. The molecule has 0 unspecified atom stereocenters. The number of piperidine rings is 1. The van der Waals surface area contributed by atoms with Crippen LogP contribution in [0.3, 0.4) is 0 Å². The Bertz CT molecular complexity index is 237. The number of aliphatic carboxylic acids is 1. The van der Waals surface area contributed by atoms with Gasteiger partial charge in [-0.25, -0.2) is 4.79 Å². The Morgan fingerprint density at radius 2 is 2.00 bits per heavy atom. The summed E-state index contributed by atoms with van der Waals surface area (Å²) in [6.07, 6.45) is 1.07. The van der Waals surface area contributed by atoms with Gasteiger partial charge in [-0.2, -0.15) is 0 Å². The fraction of sp³-hybridized carbons (Fsp3) is 0.556. The Morgan fingerprint density at radius 1 is 1.46 bits per heavy atom. The highest BCUT2D eigenvalue weighted by atomic mass is 16.4. The molecule has 0 saturated carbocycles. The molecule has 72 valence electrons. The molecule has 1 heterocycles. The minimum absolute atomic E-state index is 0.189. The largest absolute Gasteiger partial charge is 0.478 e. The highest BCUT2D eigenvalue weighted by Crippen LogP contribution is 2.07. The van der Waals surface area contributed by atoms with Crippen LogP contribution in [0.15, 0.2) is 12.2 Å². The summed E-state index contributed by atoms with van der Waals surface area (Å²) in [4.78, 5) is 23.2. The van der Waals surface area contributed by atoms with Gasteiger partial charge in [0.2, 0.25) is 0 Å². The number of Topliss-reactive ketones (excluding diaryl/α,β-unsaturated/α-hetero) is 1. The third-order valence-electron chi connectivity index (χ3n) is 2.13. The van der Waals surface area contributed by atoms with E-state index in [-0.39, 0.29) is 11.4 Å². The second kappa shape index (κ2) is 4.18. The number of hydrogen-bond donors (Lipinski definition) is 1. The van der Waals surface area contributed by atoms with Crippen molar-refractivity contribution in [2.75, 3.05) is 19.6 Å². The van der Waals surface area contributed by atoms with Gasteiger partial charge in [-0.1, -0.05) is 6.58 Å². The zero-order chi connectivity index (χ0) is 9.84. The highest BCUT2D eigenvalue weighted by Gasteiger charge is 2.17. The Morgan fingerprint density at radius 3 is 2.46 bits per heavy atom. The molecule has 1 saturated heterocycles. The van der Waals surface area contributed by atoms with Crippen molar-refractivity contribution >= 4 is 11.8 Å². The number of hydrogen-bond acceptors (Lipinski definition) is 3. The first kappa shape index (κ1) is 9.92. The lowest BCUT2D eigenvalue weighted by Gasteiger charge is -2.25. The van der Waals surface area contributed by atoms with Crippen LogP contribution in [0, 0.1) is 0 Å². The van der Waals surface area contributed by atoms with Crippen LogP contribution in [0.5, 0.6) is 0 Å². The average Bonchev–Trinajstić information content (AvgIpc) is 2.08. The molecule has 4 heteroatoms. The van der Waals surface area contributed by atoms with E-state index in [0.717, 1.165) is 0 Å². The summed E-state index contributed by atoms with van der Waals surface area (Å²) >= 11 is 0. The smallest absolute Gasteiger partial charge is 0.332 e. The first-order chi connectivity index (χ1) is 6.09. The molecule has 0 aromatic heterocycles. The van der Waals surface area contributed by atoms with Crippen molar-refractivity contribution in [1.29, 1.82) is 0 Å². The van der Waals surface area contributed by atoms with E-state index >= 15 is 0 Å². The second-order valence-corrected chi connectivity index (χ2v) is 3.22. The van der Waals surface area contributed by atoms with Crippen molar-refractivity contribution < 1.29 is 14.7 Å². The van der Waals surface area contributed by atoms with Gasteiger partial charge >= 0.3 is 5.97 Å². The molecule has 0 atom stereocenters. The van der Waals surface area contributed by atoms with Crippen LogP contribution in [0.25, 0.3) is 0 Å². The summed E-state index contributed by atoms with van der Waals surface area (Å²) in [5.41, 5.74) is 0.189. The predicted molar refractivity (Wildman–Crippen MR) is 47.5 cm³/mol. The molecular weight excluding hydrogens is 170 g/mol. The summed E-state index contributed by atoms with van der Waals surface area (Å²) in [7, 11) is 0. The van der Waals surface area contributed by atoms with E-state index < -0.39 is 5.97 Å². The van der Waals surface area contributed by atoms with Crippen LogP contribution in [0.1, 0.15) is 12.8 Å². The van der Waals surface area contributed by atoms with Gasteiger partial charge in [0.05, 0.1) is 0 Å². The van der Waals surface area contributed by atoms with Crippen molar-refractivity contribution in [1.82, 2.24) is 4.90 Å². The van der Waals surface area contributed by atoms with E-state index in [9.17, 15) is 9.59 Å². The van der Waals surface area contributed by atoms with Crippen molar-refractivity contribution in [3.8, 4) is 0 Å². The lowest BCUT2D eigenvalue weighted by atomic mass is 10.1. The molecule has 1 aliphatic rings. The Kier molecular flexibility index (Phi) is 3.19. The molecule has 1 aliphatic heterocycles. The second-order valence-electron chi connectivity index (χ2n) is 3.22. The minimum Gasteiger partial charge on any atom is -0.478 e. The van der Waals surface area contributed by atoms with Crippen LogP contribution < -0.4 is 0 Å². The molecule has 0 aliphatic carbocycles. The van der Waals surface area contributed by atoms with E-state index in [1.165, 1.54) is 0 Å². The Balaban J connectivity index is 2.34. The summed E-state index contributed by atoms with van der Waals surface area (Å²) in [6, 6.07) is 0.